The van der Waals surface area contributed by atoms with Crippen molar-refractivity contribution in [1.82, 2.24) is 4.98 Å². The molecule has 0 unspecified atom stereocenters. The SMILES string of the molecule is C[C@]1(C(=O)Nc2c[nH]c3ccc(OCc4ccc(C(F)(F)F)cc4)cc23)C[C@@H](O)C1. The molecule has 0 bridgehead atoms. The molecule has 2 aromatic carbocycles. The smallest absolute Gasteiger partial charge is 0.416 e. The first-order valence-corrected chi connectivity index (χ1v) is 9.54. The third kappa shape index (κ3) is 4.00. The fraction of sp³-hybridized carbons (Fsp3) is 0.318. The molecule has 3 aromatic rings. The summed E-state index contributed by atoms with van der Waals surface area (Å²) in [5, 5.41) is 13.2. The highest BCUT2D eigenvalue weighted by Crippen LogP contribution is 2.42. The number of fused-ring (bicyclic) bond motifs is 1. The summed E-state index contributed by atoms with van der Waals surface area (Å²) in [5.74, 6) is 0.382. The Morgan fingerprint density at radius 1 is 1.23 bits per heavy atom. The predicted molar refractivity (Wildman–Crippen MR) is 106 cm³/mol. The van der Waals surface area contributed by atoms with Crippen LogP contribution < -0.4 is 10.1 Å². The summed E-state index contributed by atoms with van der Waals surface area (Å²) in [6.45, 7) is 1.94. The minimum absolute atomic E-state index is 0.117. The van der Waals surface area contributed by atoms with Gasteiger partial charge in [-0.15, -0.1) is 0 Å². The number of hydrogen-bond donors (Lipinski definition) is 3. The minimum atomic E-state index is -4.37. The number of hydrogen-bond acceptors (Lipinski definition) is 3. The van der Waals surface area contributed by atoms with Crippen LogP contribution in [0.5, 0.6) is 5.75 Å². The molecule has 0 atom stereocenters. The minimum Gasteiger partial charge on any atom is -0.489 e. The summed E-state index contributed by atoms with van der Waals surface area (Å²) in [6.07, 6.45) is -2.24. The maximum absolute atomic E-state index is 12.7. The number of rotatable bonds is 5. The van der Waals surface area contributed by atoms with Gasteiger partial charge in [0.15, 0.2) is 0 Å². The van der Waals surface area contributed by atoms with E-state index in [2.05, 4.69) is 10.3 Å². The summed E-state index contributed by atoms with van der Waals surface area (Å²) in [4.78, 5) is 15.6. The highest BCUT2D eigenvalue weighted by Gasteiger charge is 2.45. The second-order valence-electron chi connectivity index (χ2n) is 7.97. The quantitative estimate of drug-likeness (QED) is 0.554. The van der Waals surface area contributed by atoms with E-state index in [1.165, 1.54) is 12.1 Å². The Hall–Kier alpha value is -3.00. The van der Waals surface area contributed by atoms with Crippen molar-refractivity contribution >= 4 is 22.5 Å². The van der Waals surface area contributed by atoms with Gasteiger partial charge < -0.3 is 20.1 Å². The Morgan fingerprint density at radius 2 is 1.93 bits per heavy atom. The van der Waals surface area contributed by atoms with E-state index >= 15 is 0 Å². The van der Waals surface area contributed by atoms with E-state index in [0.717, 1.165) is 23.0 Å². The van der Waals surface area contributed by atoms with Gasteiger partial charge in [0, 0.05) is 17.1 Å². The van der Waals surface area contributed by atoms with Gasteiger partial charge in [0.2, 0.25) is 5.91 Å². The number of amides is 1. The lowest BCUT2D eigenvalue weighted by atomic mass is 9.67. The fourth-order valence-corrected chi connectivity index (χ4v) is 3.69. The maximum atomic E-state index is 12.7. The zero-order valence-corrected chi connectivity index (χ0v) is 16.2. The van der Waals surface area contributed by atoms with Crippen molar-refractivity contribution in [2.75, 3.05) is 5.32 Å². The molecule has 8 heteroatoms. The van der Waals surface area contributed by atoms with Gasteiger partial charge >= 0.3 is 6.18 Å². The van der Waals surface area contributed by atoms with Crippen LogP contribution in [0.2, 0.25) is 0 Å². The topological polar surface area (TPSA) is 74.4 Å². The molecule has 0 spiro atoms. The lowest BCUT2D eigenvalue weighted by Crippen LogP contribution is -2.47. The van der Waals surface area contributed by atoms with Gasteiger partial charge in [-0.3, -0.25) is 4.79 Å². The third-order valence-corrected chi connectivity index (χ3v) is 5.51. The van der Waals surface area contributed by atoms with Gasteiger partial charge in [-0.05, 0) is 48.7 Å². The average molecular weight is 418 g/mol. The molecule has 158 valence electrons. The molecule has 1 saturated carbocycles. The largest absolute Gasteiger partial charge is 0.489 e. The first-order valence-electron chi connectivity index (χ1n) is 9.54. The third-order valence-electron chi connectivity index (χ3n) is 5.51. The Kier molecular flexibility index (Phi) is 4.97. The van der Waals surface area contributed by atoms with Gasteiger partial charge in [0.05, 0.1) is 22.8 Å². The van der Waals surface area contributed by atoms with E-state index in [4.69, 9.17) is 4.74 Å². The Balaban J connectivity index is 1.45. The molecule has 0 saturated heterocycles. The van der Waals surface area contributed by atoms with E-state index < -0.39 is 23.3 Å². The molecule has 0 radical (unpaired) electrons. The van der Waals surface area contributed by atoms with Gasteiger partial charge in [-0.25, -0.2) is 0 Å². The van der Waals surface area contributed by atoms with Crippen molar-refractivity contribution in [2.45, 2.75) is 38.7 Å². The Morgan fingerprint density at radius 3 is 2.57 bits per heavy atom. The molecule has 30 heavy (non-hydrogen) atoms. The number of H-pyrrole nitrogens is 1. The number of halogens is 3. The van der Waals surface area contributed by atoms with Crippen LogP contribution in [0, 0.1) is 5.41 Å². The molecule has 3 N–H and O–H groups in total. The normalized spacial score (nSPS) is 21.3. The Labute approximate surface area is 170 Å². The van der Waals surface area contributed by atoms with Crippen molar-refractivity contribution < 1.29 is 27.8 Å². The number of carbonyl (C=O) groups is 1. The average Bonchev–Trinajstić information content (AvgIpc) is 3.07. The van der Waals surface area contributed by atoms with Gasteiger partial charge in [-0.2, -0.15) is 13.2 Å². The number of anilines is 1. The number of ether oxygens (including phenoxy) is 1. The highest BCUT2D eigenvalue weighted by atomic mass is 19.4. The molecule has 1 fully saturated rings. The summed E-state index contributed by atoms with van der Waals surface area (Å²) < 4.78 is 43.7. The van der Waals surface area contributed by atoms with Gasteiger partial charge in [-0.1, -0.05) is 19.1 Å². The van der Waals surface area contributed by atoms with Crippen LogP contribution in [-0.4, -0.2) is 22.1 Å². The summed E-state index contributed by atoms with van der Waals surface area (Å²) in [7, 11) is 0. The van der Waals surface area contributed by atoms with E-state index in [1.54, 1.807) is 18.3 Å². The number of carbonyl (C=O) groups excluding carboxylic acids is 1. The first kappa shape index (κ1) is 20.3. The van der Waals surface area contributed by atoms with Crippen LogP contribution in [0.3, 0.4) is 0 Å². The number of benzene rings is 2. The molecular formula is C22H21F3N2O3. The van der Waals surface area contributed by atoms with Crippen LogP contribution in [0.1, 0.15) is 30.9 Å². The number of alkyl halides is 3. The Bertz CT molecular complexity index is 1070. The lowest BCUT2D eigenvalue weighted by molar-refractivity contribution is -0.137. The first-order chi connectivity index (χ1) is 14.1. The van der Waals surface area contributed by atoms with E-state index in [1.807, 2.05) is 13.0 Å². The molecule has 1 heterocycles. The number of aromatic amines is 1. The molecule has 4 rings (SSSR count). The van der Waals surface area contributed by atoms with Crippen LogP contribution in [0.4, 0.5) is 18.9 Å². The zero-order valence-electron chi connectivity index (χ0n) is 16.2. The van der Waals surface area contributed by atoms with Crippen molar-refractivity contribution in [3.05, 3.63) is 59.8 Å². The molecule has 0 aliphatic heterocycles. The molecular weight excluding hydrogens is 397 g/mol. The number of aliphatic hydroxyl groups excluding tert-OH is 1. The fourth-order valence-electron chi connectivity index (χ4n) is 3.69. The number of aliphatic hydroxyl groups is 1. The second-order valence-corrected chi connectivity index (χ2v) is 7.97. The lowest BCUT2D eigenvalue weighted by Gasteiger charge is -2.40. The standard InChI is InChI=1S/C22H21F3N2O3/c1-21(9-15(28)10-21)20(29)27-19-11-26-18-7-6-16(8-17(18)19)30-12-13-2-4-14(5-3-13)22(23,24)25/h2-8,11,15,26,28H,9-10,12H2,1H3,(H,27,29)/t15-,21+. The van der Waals surface area contributed by atoms with E-state index in [-0.39, 0.29) is 12.5 Å². The summed E-state index contributed by atoms with van der Waals surface area (Å²) in [6, 6.07) is 10.1. The van der Waals surface area contributed by atoms with Gasteiger partial charge in [0.1, 0.15) is 12.4 Å². The summed E-state index contributed by atoms with van der Waals surface area (Å²) >= 11 is 0. The predicted octanol–water partition coefficient (Wildman–Crippen LogP) is 4.87. The number of aromatic nitrogens is 1. The van der Waals surface area contributed by atoms with Crippen molar-refractivity contribution in [1.29, 1.82) is 0 Å². The molecule has 1 amide bonds. The summed E-state index contributed by atoms with van der Waals surface area (Å²) in [5.41, 5.74) is 0.749. The molecule has 1 aliphatic rings. The zero-order chi connectivity index (χ0) is 21.5. The van der Waals surface area contributed by atoms with Crippen LogP contribution in [0.25, 0.3) is 10.9 Å². The molecule has 1 aromatic heterocycles. The second kappa shape index (κ2) is 7.36. The van der Waals surface area contributed by atoms with Gasteiger partial charge in [0.25, 0.3) is 0 Å². The van der Waals surface area contributed by atoms with Crippen molar-refractivity contribution in [2.24, 2.45) is 5.41 Å². The van der Waals surface area contributed by atoms with E-state index in [0.29, 0.717) is 29.8 Å². The molecule has 5 nitrogen and oxygen atoms in total. The van der Waals surface area contributed by atoms with Crippen molar-refractivity contribution in [3.8, 4) is 5.75 Å². The monoisotopic (exact) mass is 418 g/mol. The van der Waals surface area contributed by atoms with Crippen LogP contribution in [0.15, 0.2) is 48.7 Å². The van der Waals surface area contributed by atoms with Crippen LogP contribution >= 0.6 is 0 Å². The van der Waals surface area contributed by atoms with E-state index in [9.17, 15) is 23.1 Å². The van der Waals surface area contributed by atoms with Crippen LogP contribution in [-0.2, 0) is 17.6 Å². The maximum Gasteiger partial charge on any atom is 0.416 e. The highest BCUT2D eigenvalue weighted by molar-refractivity contribution is 6.04. The van der Waals surface area contributed by atoms with Crippen molar-refractivity contribution in [3.63, 3.8) is 0 Å². The number of nitrogens with one attached hydrogen (secondary N) is 2. The molecule has 1 aliphatic carbocycles.